The third-order valence-electron chi connectivity index (χ3n) is 2.00. The van der Waals surface area contributed by atoms with Gasteiger partial charge in [-0.05, 0) is 25.5 Å². The van der Waals surface area contributed by atoms with E-state index >= 15 is 0 Å². The van der Waals surface area contributed by atoms with Crippen molar-refractivity contribution in [3.63, 3.8) is 0 Å². The Hall–Kier alpha value is -1.27. The van der Waals surface area contributed by atoms with Crippen LogP contribution in [-0.2, 0) is 6.54 Å². The first-order valence-electron chi connectivity index (χ1n) is 5.05. The number of unbranched alkanes of at least 4 members (excludes halogenated alkanes) is 2. The van der Waals surface area contributed by atoms with Crippen LogP contribution in [0.25, 0.3) is 0 Å². The molecule has 0 fully saturated rings. The predicted molar refractivity (Wildman–Crippen MR) is 57.8 cm³/mol. The second-order valence-electron chi connectivity index (χ2n) is 3.18. The first kappa shape index (κ1) is 10.8. The van der Waals surface area contributed by atoms with E-state index < -0.39 is 0 Å². The molecule has 0 aromatic carbocycles. The second kappa shape index (κ2) is 7.16. The molecule has 0 aliphatic rings. The summed E-state index contributed by atoms with van der Waals surface area (Å²) in [5.41, 5.74) is 0. The fraction of sp³-hybridized carbons (Fsp3) is 0.545. The summed E-state index contributed by atoms with van der Waals surface area (Å²) in [6.45, 7) is 2.95. The summed E-state index contributed by atoms with van der Waals surface area (Å²) in [5, 5.41) is 7.47. The van der Waals surface area contributed by atoms with Crippen molar-refractivity contribution in [3.05, 3.63) is 18.5 Å². The van der Waals surface area contributed by atoms with Crippen LogP contribution in [0.3, 0.4) is 0 Å². The lowest BCUT2D eigenvalue weighted by Gasteiger charge is -2.03. The summed E-state index contributed by atoms with van der Waals surface area (Å²) >= 11 is 0. The first-order valence-corrected chi connectivity index (χ1v) is 5.05. The maximum absolute atomic E-state index is 5.15. The number of hydrogen-bond donors (Lipinski definition) is 1. The van der Waals surface area contributed by atoms with Crippen molar-refractivity contribution >= 4 is 0 Å². The van der Waals surface area contributed by atoms with E-state index in [4.69, 9.17) is 6.42 Å². The van der Waals surface area contributed by atoms with Crippen molar-refractivity contribution < 1.29 is 0 Å². The van der Waals surface area contributed by atoms with E-state index in [1.165, 1.54) is 0 Å². The van der Waals surface area contributed by atoms with E-state index in [-0.39, 0.29) is 0 Å². The van der Waals surface area contributed by atoms with Crippen LogP contribution in [0.15, 0.2) is 18.5 Å². The third-order valence-corrected chi connectivity index (χ3v) is 2.00. The molecule has 1 heterocycles. The highest BCUT2D eigenvalue weighted by Gasteiger charge is 1.90. The molecule has 1 rings (SSSR count). The minimum atomic E-state index is 0.890. The van der Waals surface area contributed by atoms with Gasteiger partial charge in [0.1, 0.15) is 0 Å². The molecule has 0 unspecified atom stereocenters. The van der Waals surface area contributed by atoms with Gasteiger partial charge in [-0.2, -0.15) is 5.10 Å². The smallest absolute Gasteiger partial charge is 0.0533 e. The van der Waals surface area contributed by atoms with E-state index in [0.717, 1.165) is 38.9 Å². The number of nitrogens with one attached hydrogen (secondary N) is 1. The van der Waals surface area contributed by atoms with Gasteiger partial charge in [-0.3, -0.25) is 4.68 Å². The molecule has 0 saturated heterocycles. The van der Waals surface area contributed by atoms with Gasteiger partial charge in [0.2, 0.25) is 0 Å². The van der Waals surface area contributed by atoms with Crippen LogP contribution in [0, 0.1) is 12.3 Å². The van der Waals surface area contributed by atoms with Crippen LogP contribution in [0.4, 0.5) is 0 Å². The molecule has 0 atom stereocenters. The number of terminal acetylenes is 1. The third kappa shape index (κ3) is 4.68. The maximum atomic E-state index is 5.15. The maximum Gasteiger partial charge on any atom is 0.0533 e. The fourth-order valence-electron chi connectivity index (χ4n) is 1.23. The molecule has 3 nitrogen and oxygen atoms in total. The Kier molecular flexibility index (Phi) is 5.53. The van der Waals surface area contributed by atoms with E-state index in [2.05, 4.69) is 16.3 Å². The van der Waals surface area contributed by atoms with Crippen LogP contribution < -0.4 is 5.32 Å². The molecule has 0 spiro atoms. The summed E-state index contributed by atoms with van der Waals surface area (Å²) in [7, 11) is 0. The zero-order valence-corrected chi connectivity index (χ0v) is 8.45. The molecule has 1 aromatic heterocycles. The highest BCUT2D eigenvalue weighted by Crippen LogP contribution is 1.91. The Morgan fingerprint density at radius 1 is 1.36 bits per heavy atom. The zero-order chi connectivity index (χ0) is 10.1. The Morgan fingerprint density at radius 2 is 2.29 bits per heavy atom. The first-order chi connectivity index (χ1) is 6.93. The molecular weight excluding hydrogens is 174 g/mol. The lowest BCUT2D eigenvalue weighted by Crippen LogP contribution is -2.21. The van der Waals surface area contributed by atoms with Crippen LogP contribution >= 0.6 is 0 Å². The lowest BCUT2D eigenvalue weighted by atomic mass is 10.2. The summed E-state index contributed by atoms with van der Waals surface area (Å²) in [6.07, 6.45) is 12.1. The molecular formula is C11H17N3. The normalized spacial score (nSPS) is 9.93. The molecule has 0 bridgehead atoms. The molecule has 0 aliphatic heterocycles. The number of hydrogen-bond acceptors (Lipinski definition) is 2. The van der Waals surface area contributed by atoms with Crippen molar-refractivity contribution in [3.8, 4) is 12.3 Å². The fourth-order valence-corrected chi connectivity index (χ4v) is 1.23. The summed E-state index contributed by atoms with van der Waals surface area (Å²) in [4.78, 5) is 0. The van der Waals surface area contributed by atoms with Gasteiger partial charge in [-0.25, -0.2) is 0 Å². The monoisotopic (exact) mass is 191 g/mol. The van der Waals surface area contributed by atoms with Crippen molar-refractivity contribution in [2.24, 2.45) is 0 Å². The SMILES string of the molecule is C#CCCCCNCCn1cccn1. The minimum absolute atomic E-state index is 0.890. The molecule has 0 radical (unpaired) electrons. The van der Waals surface area contributed by atoms with Crippen molar-refractivity contribution in [2.75, 3.05) is 13.1 Å². The highest BCUT2D eigenvalue weighted by molar-refractivity contribution is 4.82. The standard InChI is InChI=1S/C11H17N3/c1-2-3-4-5-7-12-9-11-14-10-6-8-13-14/h1,6,8,10,12H,3-5,7,9,11H2. The van der Waals surface area contributed by atoms with Crippen LogP contribution in [0.1, 0.15) is 19.3 Å². The van der Waals surface area contributed by atoms with Crippen LogP contribution in [-0.4, -0.2) is 22.9 Å². The van der Waals surface area contributed by atoms with E-state index in [9.17, 15) is 0 Å². The Balaban J connectivity index is 1.88. The van der Waals surface area contributed by atoms with Crippen molar-refractivity contribution in [1.29, 1.82) is 0 Å². The van der Waals surface area contributed by atoms with Crippen molar-refractivity contribution in [2.45, 2.75) is 25.8 Å². The lowest BCUT2D eigenvalue weighted by molar-refractivity contribution is 0.542. The van der Waals surface area contributed by atoms with Gasteiger partial charge in [0.05, 0.1) is 6.54 Å². The Bertz CT molecular complexity index is 259. The Morgan fingerprint density at radius 3 is 3.00 bits per heavy atom. The summed E-state index contributed by atoms with van der Waals surface area (Å²) < 4.78 is 1.93. The molecule has 76 valence electrons. The van der Waals surface area contributed by atoms with Gasteiger partial charge in [-0.15, -0.1) is 12.3 Å². The van der Waals surface area contributed by atoms with E-state index in [1.807, 2.05) is 16.9 Å². The molecule has 14 heavy (non-hydrogen) atoms. The van der Waals surface area contributed by atoms with Gasteiger partial charge in [-0.1, -0.05) is 0 Å². The summed E-state index contributed by atoms with van der Waals surface area (Å²) in [5.74, 6) is 2.64. The number of nitrogens with zero attached hydrogens (tertiary/aromatic N) is 2. The number of rotatable bonds is 7. The van der Waals surface area contributed by atoms with Gasteiger partial charge in [0.15, 0.2) is 0 Å². The molecule has 0 aliphatic carbocycles. The molecule has 0 saturated carbocycles. The molecule has 1 N–H and O–H groups in total. The van der Waals surface area contributed by atoms with Gasteiger partial charge < -0.3 is 5.32 Å². The van der Waals surface area contributed by atoms with Crippen molar-refractivity contribution in [1.82, 2.24) is 15.1 Å². The number of aromatic nitrogens is 2. The quantitative estimate of drug-likeness (QED) is 0.519. The zero-order valence-electron chi connectivity index (χ0n) is 8.45. The van der Waals surface area contributed by atoms with Gasteiger partial charge in [0, 0.05) is 25.4 Å². The Labute approximate surface area is 85.5 Å². The largest absolute Gasteiger partial charge is 0.315 e. The van der Waals surface area contributed by atoms with E-state index in [0.29, 0.717) is 0 Å². The molecule has 1 aromatic rings. The molecule has 3 heteroatoms. The van der Waals surface area contributed by atoms with Crippen LogP contribution in [0.2, 0.25) is 0 Å². The van der Waals surface area contributed by atoms with E-state index in [1.54, 1.807) is 6.20 Å². The predicted octanol–water partition coefficient (Wildman–Crippen LogP) is 1.28. The summed E-state index contributed by atoms with van der Waals surface area (Å²) in [6, 6.07) is 1.94. The second-order valence-corrected chi connectivity index (χ2v) is 3.18. The average molecular weight is 191 g/mol. The molecule has 0 amide bonds. The highest BCUT2D eigenvalue weighted by atomic mass is 15.3. The topological polar surface area (TPSA) is 29.9 Å². The van der Waals surface area contributed by atoms with Gasteiger partial charge >= 0.3 is 0 Å². The average Bonchev–Trinajstić information content (AvgIpc) is 2.69. The van der Waals surface area contributed by atoms with Gasteiger partial charge in [0.25, 0.3) is 0 Å². The van der Waals surface area contributed by atoms with Crippen LogP contribution in [0.5, 0.6) is 0 Å². The minimum Gasteiger partial charge on any atom is -0.315 e.